The number of fused-ring (bicyclic) bond motifs is 4. The van der Waals surface area contributed by atoms with Crippen LogP contribution in [0.15, 0.2) is 83.8 Å². The molecule has 2 heteroatoms. The first-order valence-electron chi connectivity index (χ1n) is 23.3. The normalized spacial score (nSPS) is 33.4. The number of hydrogen-bond acceptors (Lipinski definition) is 1. The Hall–Kier alpha value is -2.74. The number of aryl methyl sites for hydroxylation is 2. The molecule has 0 radical (unpaired) electrons. The number of nitrogens with one attached hydrogen (secondary N) is 1. The van der Waals surface area contributed by atoms with Gasteiger partial charge in [-0.1, -0.05) is 100 Å². The highest BCUT2D eigenvalue weighted by Crippen LogP contribution is 2.52. The second-order valence-electron chi connectivity index (χ2n) is 19.1. The Kier molecular flexibility index (Phi) is 12.7. The lowest BCUT2D eigenvalue weighted by molar-refractivity contribution is 0.0964. The molecule has 0 amide bonds. The molecule has 6 aliphatic rings. The summed E-state index contributed by atoms with van der Waals surface area (Å²) in [4.78, 5) is 6.36. The molecule has 0 spiro atoms. The van der Waals surface area contributed by atoms with Crippen LogP contribution < -0.4 is 4.90 Å². The molecule has 1 saturated carbocycles. The maximum Gasteiger partial charge on any atom is 0.0401 e. The average molecular weight is 727 g/mol. The van der Waals surface area contributed by atoms with E-state index in [-0.39, 0.29) is 0 Å². The van der Waals surface area contributed by atoms with Gasteiger partial charge < -0.3 is 9.88 Å². The number of aromatic nitrogens is 1. The van der Waals surface area contributed by atoms with E-state index >= 15 is 0 Å². The van der Waals surface area contributed by atoms with Gasteiger partial charge in [-0.2, -0.15) is 0 Å². The summed E-state index contributed by atoms with van der Waals surface area (Å²) in [6.07, 6.45) is 44.0. The fourth-order valence-electron chi connectivity index (χ4n) is 13.0. The minimum Gasteiger partial charge on any atom is -0.370 e. The molecular weight excluding hydrogens is 653 g/mol. The lowest BCUT2D eigenvalue weighted by atomic mass is 9.61. The number of nitrogens with zero attached hydrogens (tertiary/aromatic N) is 1. The summed E-state index contributed by atoms with van der Waals surface area (Å²) in [6, 6.07) is 9.77. The van der Waals surface area contributed by atoms with E-state index in [9.17, 15) is 0 Å². The first kappa shape index (κ1) is 38.1. The molecule has 5 aliphatic carbocycles. The van der Waals surface area contributed by atoms with Crippen LogP contribution in [0.25, 0.3) is 0 Å². The second kappa shape index (κ2) is 18.0. The predicted molar refractivity (Wildman–Crippen MR) is 231 cm³/mol. The van der Waals surface area contributed by atoms with Crippen LogP contribution in [0.2, 0.25) is 0 Å². The Bertz CT molecular complexity index is 1640. The van der Waals surface area contributed by atoms with E-state index in [1.807, 2.05) is 11.1 Å². The molecule has 2 fully saturated rings. The van der Waals surface area contributed by atoms with Crippen molar-refractivity contribution >= 4 is 5.69 Å². The van der Waals surface area contributed by atoms with Crippen molar-refractivity contribution in [2.75, 3.05) is 18.0 Å². The van der Waals surface area contributed by atoms with E-state index in [2.05, 4.69) is 97.7 Å². The molecule has 1 saturated heterocycles. The smallest absolute Gasteiger partial charge is 0.0401 e. The zero-order chi connectivity index (χ0) is 36.9. The molecule has 1 N–H and O–H groups in total. The van der Waals surface area contributed by atoms with Crippen molar-refractivity contribution in [2.24, 2.45) is 53.3 Å². The van der Waals surface area contributed by atoms with Gasteiger partial charge in [-0.3, -0.25) is 0 Å². The van der Waals surface area contributed by atoms with Gasteiger partial charge in [0, 0.05) is 43.0 Å². The third-order valence-electron chi connectivity index (χ3n) is 16.0. The lowest BCUT2D eigenvalue weighted by Gasteiger charge is -2.46. The molecule has 2 nitrogen and oxygen atoms in total. The maximum absolute atomic E-state index is 3.29. The Morgan fingerprint density at radius 3 is 2.63 bits per heavy atom. The van der Waals surface area contributed by atoms with Crippen LogP contribution in [0, 0.1) is 53.3 Å². The van der Waals surface area contributed by atoms with Crippen molar-refractivity contribution in [3.05, 3.63) is 100 Å². The van der Waals surface area contributed by atoms with E-state index in [1.165, 1.54) is 147 Å². The zero-order valence-corrected chi connectivity index (χ0v) is 34.6. The van der Waals surface area contributed by atoms with E-state index < -0.39 is 0 Å². The molecule has 9 atom stereocenters. The molecule has 1 aromatic carbocycles. The van der Waals surface area contributed by atoms with Gasteiger partial charge in [-0.15, -0.1) is 0 Å². The molecule has 0 bridgehead atoms. The number of benzene rings is 1. The molecule has 292 valence electrons. The van der Waals surface area contributed by atoms with Crippen molar-refractivity contribution in [3.63, 3.8) is 0 Å². The van der Waals surface area contributed by atoms with E-state index in [4.69, 9.17) is 0 Å². The van der Waals surface area contributed by atoms with Gasteiger partial charge in [-0.25, -0.2) is 0 Å². The average Bonchev–Trinajstić information content (AvgIpc) is 3.74. The van der Waals surface area contributed by atoms with Gasteiger partial charge in [0.25, 0.3) is 0 Å². The third-order valence-corrected chi connectivity index (χ3v) is 16.0. The van der Waals surface area contributed by atoms with Crippen molar-refractivity contribution in [1.82, 2.24) is 4.98 Å². The molecule has 1 aromatic heterocycles. The second-order valence-corrected chi connectivity index (χ2v) is 19.1. The summed E-state index contributed by atoms with van der Waals surface area (Å²) in [6.45, 7) is 10.3. The summed E-state index contributed by atoms with van der Waals surface area (Å²) < 4.78 is 0. The van der Waals surface area contributed by atoms with Crippen molar-refractivity contribution in [2.45, 2.75) is 149 Å². The van der Waals surface area contributed by atoms with Crippen LogP contribution in [0.5, 0.6) is 0 Å². The number of hydrogen-bond donors (Lipinski definition) is 1. The summed E-state index contributed by atoms with van der Waals surface area (Å²) in [5.74, 6) is 6.86. The SMILES string of the molecule is CCC/C(=C\CCCc1cc[nH]c1)C1CN(c2cccc3c2CCCC3)CC(C2CC3CCC=CC3C3=C2C=CCC3)CCC(C)C(C)C2CCCCC12. The van der Waals surface area contributed by atoms with Crippen LogP contribution in [0.1, 0.15) is 147 Å². The Morgan fingerprint density at radius 2 is 1.76 bits per heavy atom. The zero-order valence-electron chi connectivity index (χ0n) is 34.6. The van der Waals surface area contributed by atoms with Crippen molar-refractivity contribution in [1.29, 1.82) is 0 Å². The van der Waals surface area contributed by atoms with E-state index in [1.54, 1.807) is 22.4 Å². The van der Waals surface area contributed by atoms with Crippen LogP contribution >= 0.6 is 0 Å². The number of anilines is 1. The molecular formula is C52H74N2. The fraction of sp³-hybridized carbons (Fsp3) is 0.654. The monoisotopic (exact) mass is 727 g/mol. The quantitative estimate of drug-likeness (QED) is 0.201. The van der Waals surface area contributed by atoms with Gasteiger partial charge in [-0.05, 0) is 179 Å². The van der Waals surface area contributed by atoms with Crippen molar-refractivity contribution in [3.8, 4) is 0 Å². The highest BCUT2D eigenvalue weighted by Gasteiger charge is 2.43. The number of H-pyrrole nitrogens is 1. The highest BCUT2D eigenvalue weighted by molar-refractivity contribution is 5.58. The van der Waals surface area contributed by atoms with Crippen LogP contribution in [-0.4, -0.2) is 18.1 Å². The highest BCUT2D eigenvalue weighted by atomic mass is 15.1. The predicted octanol–water partition coefficient (Wildman–Crippen LogP) is 13.8. The van der Waals surface area contributed by atoms with Gasteiger partial charge in [0.1, 0.15) is 0 Å². The summed E-state index contributed by atoms with van der Waals surface area (Å²) in [5.41, 5.74) is 11.9. The van der Waals surface area contributed by atoms with Gasteiger partial charge >= 0.3 is 0 Å². The first-order chi connectivity index (χ1) is 26.6. The molecule has 1 aliphatic heterocycles. The molecule has 2 aromatic rings. The van der Waals surface area contributed by atoms with Crippen LogP contribution in [-0.2, 0) is 19.3 Å². The molecule has 2 heterocycles. The minimum absolute atomic E-state index is 0.652. The largest absolute Gasteiger partial charge is 0.370 e. The summed E-state index contributed by atoms with van der Waals surface area (Å²) >= 11 is 0. The van der Waals surface area contributed by atoms with Crippen LogP contribution in [0.4, 0.5) is 5.69 Å². The minimum atomic E-state index is 0.652. The first-order valence-corrected chi connectivity index (χ1v) is 23.3. The van der Waals surface area contributed by atoms with Crippen molar-refractivity contribution < 1.29 is 0 Å². The molecule has 54 heavy (non-hydrogen) atoms. The van der Waals surface area contributed by atoms with E-state index in [0.717, 1.165) is 29.6 Å². The van der Waals surface area contributed by atoms with Gasteiger partial charge in [0.05, 0.1) is 0 Å². The Labute approximate surface area is 330 Å². The Balaban J connectivity index is 1.21. The topological polar surface area (TPSA) is 19.0 Å². The lowest BCUT2D eigenvalue weighted by Crippen LogP contribution is -2.43. The van der Waals surface area contributed by atoms with Crippen LogP contribution in [0.3, 0.4) is 0 Å². The Morgan fingerprint density at radius 1 is 0.870 bits per heavy atom. The summed E-state index contributed by atoms with van der Waals surface area (Å²) in [7, 11) is 0. The fourth-order valence-corrected chi connectivity index (χ4v) is 13.0. The standard InChI is InChI=1S/C52H74N2/c1-4-16-40(18-6-5-17-39-31-32-53-34-39)51-36-54(52-28-15-21-41-19-7-10-24-46(41)52)35-43(30-29-37(2)38(3)44-22-11-12-25-47(44)51)50-33-42-20-8-9-23-45(42)48-26-13-14-27-49(48)50/h9,14-15,18,21,23,27-28,31-32,34,37-38,42-45,47,50-51,53H,4-8,10-13,16-17,19-20,22,24-26,29-30,33,35-36H2,1-3H3/b40-18+. The third kappa shape index (κ3) is 8.34. The number of unbranched alkanes of at least 4 members (excludes halogenated alkanes) is 1. The molecule has 8 rings (SSSR count). The number of aromatic amines is 1. The van der Waals surface area contributed by atoms with Gasteiger partial charge in [0.15, 0.2) is 0 Å². The maximum atomic E-state index is 3.29. The van der Waals surface area contributed by atoms with Gasteiger partial charge in [0.2, 0.25) is 0 Å². The number of rotatable bonds is 9. The number of allylic oxidation sites excluding steroid dienone is 7. The molecule has 9 unspecified atom stereocenters. The van der Waals surface area contributed by atoms with E-state index in [0.29, 0.717) is 23.7 Å². The summed E-state index contributed by atoms with van der Waals surface area (Å²) in [5, 5.41) is 0.